The first-order valence-corrected chi connectivity index (χ1v) is 11.4. The molecule has 10 nitrogen and oxygen atoms in total. The lowest BCUT2D eigenvalue weighted by molar-refractivity contribution is 0.619. The smallest absolute Gasteiger partial charge is 0.225 e. The van der Waals surface area contributed by atoms with Crippen LogP contribution in [0.1, 0.15) is 11.3 Å². The first kappa shape index (κ1) is 21.1. The molecule has 0 unspecified atom stereocenters. The molecule has 0 aliphatic carbocycles. The Kier molecular flexibility index (Phi) is 5.28. The number of pyridine rings is 1. The average Bonchev–Trinajstić information content (AvgIpc) is 3.52. The number of aromatic nitrogens is 8. The summed E-state index contributed by atoms with van der Waals surface area (Å²) in [6, 6.07) is 5.20. The third-order valence-corrected chi connectivity index (χ3v) is 6.15. The topological polar surface area (TPSA) is 93.2 Å². The second-order valence-corrected chi connectivity index (χ2v) is 8.55. The predicted molar refractivity (Wildman–Crippen MR) is 129 cm³/mol. The Morgan fingerprint density at radius 2 is 1.63 bits per heavy atom. The monoisotopic (exact) mass is 470 g/mol. The maximum absolute atomic E-state index is 13.1. The van der Waals surface area contributed by atoms with Crippen molar-refractivity contribution >= 4 is 17.3 Å². The van der Waals surface area contributed by atoms with Crippen LogP contribution >= 0.6 is 0 Å². The Balaban J connectivity index is 1.14. The largest absolute Gasteiger partial charge is 0.351 e. The zero-order valence-electron chi connectivity index (χ0n) is 19.2. The van der Waals surface area contributed by atoms with Gasteiger partial charge in [0.25, 0.3) is 0 Å². The van der Waals surface area contributed by atoms with Gasteiger partial charge in [-0.1, -0.05) is 0 Å². The minimum Gasteiger partial charge on any atom is -0.351 e. The van der Waals surface area contributed by atoms with Gasteiger partial charge in [-0.3, -0.25) is 9.67 Å². The van der Waals surface area contributed by atoms with Crippen molar-refractivity contribution in [3.63, 3.8) is 0 Å². The van der Waals surface area contributed by atoms with E-state index < -0.39 is 0 Å². The third-order valence-electron chi connectivity index (χ3n) is 6.15. The van der Waals surface area contributed by atoms with Gasteiger partial charge >= 0.3 is 0 Å². The van der Waals surface area contributed by atoms with Crippen LogP contribution < -0.4 is 9.80 Å². The second kappa shape index (κ2) is 8.75. The van der Waals surface area contributed by atoms with Gasteiger partial charge in [-0.05, 0) is 23.8 Å². The van der Waals surface area contributed by atoms with Crippen LogP contribution in [0.4, 0.5) is 16.2 Å². The highest BCUT2D eigenvalue weighted by Crippen LogP contribution is 2.27. The molecule has 5 aromatic rings. The van der Waals surface area contributed by atoms with Crippen molar-refractivity contribution in [1.82, 2.24) is 39.3 Å². The minimum atomic E-state index is -0.340. The van der Waals surface area contributed by atoms with Crippen molar-refractivity contribution < 1.29 is 4.39 Å². The van der Waals surface area contributed by atoms with Crippen LogP contribution in [-0.2, 0) is 13.5 Å². The molecular formula is C24H23FN10. The van der Waals surface area contributed by atoms with E-state index in [1.807, 2.05) is 42.5 Å². The van der Waals surface area contributed by atoms with Crippen LogP contribution in [-0.4, -0.2) is 65.5 Å². The van der Waals surface area contributed by atoms with Crippen LogP contribution in [0.25, 0.3) is 16.6 Å². The van der Waals surface area contributed by atoms with Crippen LogP contribution in [0.3, 0.4) is 0 Å². The number of piperazine rings is 1. The summed E-state index contributed by atoms with van der Waals surface area (Å²) in [7, 11) is 1.91. The van der Waals surface area contributed by atoms with E-state index in [1.54, 1.807) is 17.1 Å². The Morgan fingerprint density at radius 3 is 2.34 bits per heavy atom. The number of fused-ring (bicyclic) bond motifs is 1. The molecule has 0 saturated carbocycles. The zero-order chi connectivity index (χ0) is 23.8. The molecule has 0 spiro atoms. The number of nitrogens with zero attached hydrogens (tertiary/aromatic N) is 10. The van der Waals surface area contributed by atoms with Gasteiger partial charge in [0.2, 0.25) is 5.95 Å². The fraction of sp³-hybridized carbons (Fsp3) is 0.250. The van der Waals surface area contributed by atoms with E-state index in [4.69, 9.17) is 0 Å². The van der Waals surface area contributed by atoms with Gasteiger partial charge in [-0.25, -0.2) is 23.9 Å². The molecule has 0 bridgehead atoms. The fourth-order valence-electron chi connectivity index (χ4n) is 4.33. The number of hydrogen-bond donors (Lipinski definition) is 0. The van der Waals surface area contributed by atoms with E-state index in [0.29, 0.717) is 12.4 Å². The highest BCUT2D eigenvalue weighted by molar-refractivity contribution is 5.77. The van der Waals surface area contributed by atoms with E-state index in [2.05, 4.69) is 46.0 Å². The summed E-state index contributed by atoms with van der Waals surface area (Å²) in [5.74, 6) is 1.28. The van der Waals surface area contributed by atoms with Crippen molar-refractivity contribution in [2.24, 2.45) is 7.05 Å². The summed E-state index contributed by atoms with van der Waals surface area (Å²) >= 11 is 0. The molecule has 35 heavy (non-hydrogen) atoms. The maximum Gasteiger partial charge on any atom is 0.225 e. The van der Waals surface area contributed by atoms with Gasteiger partial charge in [0.1, 0.15) is 17.7 Å². The molecule has 5 aromatic heterocycles. The summed E-state index contributed by atoms with van der Waals surface area (Å²) in [5.41, 5.74) is 4.79. The molecule has 1 aliphatic heterocycles. The Morgan fingerprint density at radius 1 is 0.829 bits per heavy atom. The molecule has 11 heteroatoms. The molecule has 6 rings (SSSR count). The van der Waals surface area contributed by atoms with E-state index in [0.717, 1.165) is 59.9 Å². The molecule has 0 aromatic carbocycles. The van der Waals surface area contributed by atoms with Crippen LogP contribution in [0.2, 0.25) is 0 Å². The van der Waals surface area contributed by atoms with Gasteiger partial charge in [0.15, 0.2) is 5.82 Å². The van der Waals surface area contributed by atoms with Gasteiger partial charge in [0.05, 0.1) is 12.4 Å². The molecule has 0 atom stereocenters. The highest BCUT2D eigenvalue weighted by atomic mass is 19.1. The highest BCUT2D eigenvalue weighted by Gasteiger charge is 2.22. The van der Waals surface area contributed by atoms with E-state index in [-0.39, 0.29) is 5.82 Å². The van der Waals surface area contributed by atoms with Gasteiger partial charge in [0, 0.05) is 81.3 Å². The summed E-state index contributed by atoms with van der Waals surface area (Å²) in [6.45, 7) is 3.16. The lowest BCUT2D eigenvalue weighted by Gasteiger charge is -2.35. The number of anilines is 2. The molecular weight excluding hydrogens is 447 g/mol. The van der Waals surface area contributed by atoms with E-state index in [1.165, 1.54) is 12.3 Å². The second-order valence-electron chi connectivity index (χ2n) is 8.55. The first-order chi connectivity index (χ1) is 17.1. The quantitative estimate of drug-likeness (QED) is 0.387. The summed E-state index contributed by atoms with van der Waals surface area (Å²) in [6.07, 6.45) is 12.9. The normalized spacial score (nSPS) is 14.1. The lowest BCUT2D eigenvalue weighted by Crippen LogP contribution is -2.47. The number of rotatable bonds is 5. The Bertz CT molecular complexity index is 1450. The number of aryl methyl sites for hydroxylation is 1. The van der Waals surface area contributed by atoms with Gasteiger partial charge < -0.3 is 9.80 Å². The fourth-order valence-corrected chi connectivity index (χ4v) is 4.33. The standard InChI is InChI=1S/C24H23FN10/c1-32-14-19(12-30-32)18-9-22-23(29-16-31-35(22)15-18)33-4-6-34(7-5-33)24-27-10-17(11-28-24)8-21-3-2-20(25)13-26-21/h2-3,9-16H,4-8H2,1H3. The zero-order valence-corrected chi connectivity index (χ0v) is 19.2. The molecule has 1 saturated heterocycles. The van der Waals surface area contributed by atoms with Crippen molar-refractivity contribution in [2.75, 3.05) is 36.0 Å². The van der Waals surface area contributed by atoms with Crippen LogP contribution in [0.15, 0.2) is 61.7 Å². The Labute approximate surface area is 200 Å². The first-order valence-electron chi connectivity index (χ1n) is 11.4. The third kappa shape index (κ3) is 4.27. The maximum atomic E-state index is 13.1. The predicted octanol–water partition coefficient (Wildman–Crippen LogP) is 2.37. The van der Waals surface area contributed by atoms with Crippen LogP contribution in [0.5, 0.6) is 0 Å². The lowest BCUT2D eigenvalue weighted by atomic mass is 10.2. The summed E-state index contributed by atoms with van der Waals surface area (Å²) < 4.78 is 16.7. The molecule has 1 fully saturated rings. The van der Waals surface area contributed by atoms with Gasteiger partial charge in [-0.2, -0.15) is 10.2 Å². The Hall–Kier alpha value is -4.41. The minimum absolute atomic E-state index is 0.340. The van der Waals surface area contributed by atoms with E-state index in [9.17, 15) is 4.39 Å². The number of hydrogen-bond acceptors (Lipinski definition) is 8. The van der Waals surface area contributed by atoms with Crippen molar-refractivity contribution in [3.05, 3.63) is 78.8 Å². The van der Waals surface area contributed by atoms with Crippen LogP contribution in [0, 0.1) is 5.82 Å². The SMILES string of the molecule is Cn1cc(-c2cc3c(N4CCN(c5ncc(Cc6ccc(F)cn6)cn5)CC4)ncnn3c2)cn1. The van der Waals surface area contributed by atoms with Gasteiger partial charge in [-0.15, -0.1) is 0 Å². The van der Waals surface area contributed by atoms with Crippen molar-refractivity contribution in [3.8, 4) is 11.1 Å². The molecule has 0 amide bonds. The molecule has 6 heterocycles. The average molecular weight is 471 g/mol. The number of halogens is 1. The van der Waals surface area contributed by atoms with Crippen molar-refractivity contribution in [1.29, 1.82) is 0 Å². The molecule has 176 valence electrons. The molecule has 0 radical (unpaired) electrons. The van der Waals surface area contributed by atoms with E-state index >= 15 is 0 Å². The molecule has 0 N–H and O–H groups in total. The summed E-state index contributed by atoms with van der Waals surface area (Å²) in [4.78, 5) is 22.3. The molecule has 1 aliphatic rings. The summed E-state index contributed by atoms with van der Waals surface area (Å²) in [5, 5.41) is 8.66. The van der Waals surface area contributed by atoms with Crippen molar-refractivity contribution in [2.45, 2.75) is 6.42 Å².